The summed E-state index contributed by atoms with van der Waals surface area (Å²) in [6, 6.07) is 12.2. The monoisotopic (exact) mass is 459 g/mol. The molecule has 4 heterocycles. The highest BCUT2D eigenvalue weighted by Gasteiger charge is 2.32. The summed E-state index contributed by atoms with van der Waals surface area (Å²) in [7, 11) is 0. The number of aromatic hydroxyl groups is 1. The second-order valence-electron chi connectivity index (χ2n) is 7.29. The normalized spacial score (nSPS) is 16.4. The number of piperazine rings is 1. The molecule has 4 aromatic rings. The van der Waals surface area contributed by atoms with Gasteiger partial charge in [-0.2, -0.15) is 4.52 Å². The number of aromatic nitrogens is 3. The maximum Gasteiger partial charge on any atom is 0.230 e. The van der Waals surface area contributed by atoms with Gasteiger partial charge in [-0.3, -0.25) is 4.90 Å². The SMILES string of the molecule is CCc1nc2sc([C@@H](c3cccs3)N3CCN(c4cccc(Cl)c4)CC3)c(O)n2n1. The molecule has 0 bridgehead atoms. The molecule has 0 unspecified atom stereocenters. The van der Waals surface area contributed by atoms with Crippen LogP contribution in [0.15, 0.2) is 41.8 Å². The van der Waals surface area contributed by atoms with Crippen LogP contribution in [0.2, 0.25) is 5.02 Å². The van der Waals surface area contributed by atoms with Crippen molar-refractivity contribution in [2.75, 3.05) is 31.1 Å². The molecule has 156 valence electrons. The zero-order valence-electron chi connectivity index (χ0n) is 16.5. The minimum absolute atomic E-state index is 0.00471. The molecule has 0 amide bonds. The molecule has 3 aromatic heterocycles. The lowest BCUT2D eigenvalue weighted by atomic mass is 10.1. The molecule has 30 heavy (non-hydrogen) atoms. The van der Waals surface area contributed by atoms with Gasteiger partial charge in [0.15, 0.2) is 5.82 Å². The third-order valence-corrected chi connectivity index (χ3v) is 7.71. The van der Waals surface area contributed by atoms with Gasteiger partial charge in [-0.05, 0) is 29.6 Å². The van der Waals surface area contributed by atoms with E-state index >= 15 is 0 Å². The van der Waals surface area contributed by atoms with Crippen LogP contribution >= 0.6 is 34.3 Å². The summed E-state index contributed by atoms with van der Waals surface area (Å²) < 4.78 is 1.58. The fraction of sp³-hybridized carbons (Fsp3) is 0.333. The fourth-order valence-corrected chi connectivity index (χ4v) is 6.20. The smallest absolute Gasteiger partial charge is 0.230 e. The Balaban J connectivity index is 1.44. The third-order valence-electron chi connectivity index (χ3n) is 5.47. The average molecular weight is 460 g/mol. The first-order chi connectivity index (χ1) is 14.6. The van der Waals surface area contributed by atoms with Crippen LogP contribution in [0.25, 0.3) is 4.96 Å². The van der Waals surface area contributed by atoms with Gasteiger partial charge in [0.25, 0.3) is 0 Å². The zero-order valence-corrected chi connectivity index (χ0v) is 18.9. The van der Waals surface area contributed by atoms with E-state index in [1.807, 2.05) is 25.1 Å². The third kappa shape index (κ3) is 3.58. The van der Waals surface area contributed by atoms with Crippen LogP contribution in [0.5, 0.6) is 5.88 Å². The molecule has 0 radical (unpaired) electrons. The molecule has 1 N–H and O–H groups in total. The molecular weight excluding hydrogens is 438 g/mol. The highest BCUT2D eigenvalue weighted by molar-refractivity contribution is 7.17. The molecule has 0 aliphatic carbocycles. The van der Waals surface area contributed by atoms with Crippen LogP contribution in [0, 0.1) is 0 Å². The molecule has 1 aliphatic rings. The van der Waals surface area contributed by atoms with E-state index in [9.17, 15) is 5.11 Å². The first kappa shape index (κ1) is 19.8. The molecule has 0 spiro atoms. The summed E-state index contributed by atoms with van der Waals surface area (Å²) in [5, 5.41) is 18.3. The van der Waals surface area contributed by atoms with E-state index in [2.05, 4.69) is 43.5 Å². The first-order valence-electron chi connectivity index (χ1n) is 9.99. The Bertz CT molecular complexity index is 1150. The maximum absolute atomic E-state index is 11.0. The predicted octanol–water partition coefficient (Wildman–Crippen LogP) is 4.69. The van der Waals surface area contributed by atoms with E-state index in [0.717, 1.165) is 59.0 Å². The van der Waals surface area contributed by atoms with Crippen molar-refractivity contribution in [3.8, 4) is 5.88 Å². The summed E-state index contributed by atoms with van der Waals surface area (Å²) in [4.78, 5) is 12.2. The van der Waals surface area contributed by atoms with Crippen molar-refractivity contribution in [1.82, 2.24) is 19.5 Å². The molecule has 6 nitrogen and oxygen atoms in total. The minimum atomic E-state index is 0.00471. The lowest BCUT2D eigenvalue weighted by molar-refractivity contribution is 0.213. The Morgan fingerprint density at radius 3 is 2.67 bits per heavy atom. The largest absolute Gasteiger partial charge is 0.492 e. The van der Waals surface area contributed by atoms with Crippen LogP contribution in [0.3, 0.4) is 0 Å². The Labute approximate surface area is 188 Å². The van der Waals surface area contributed by atoms with Crippen LogP contribution in [0.4, 0.5) is 5.69 Å². The van der Waals surface area contributed by atoms with Gasteiger partial charge in [0.1, 0.15) is 0 Å². The fourth-order valence-electron chi connectivity index (χ4n) is 3.95. The maximum atomic E-state index is 11.0. The summed E-state index contributed by atoms with van der Waals surface area (Å²) in [5.74, 6) is 0.962. The molecular formula is C21H22ClN5OS2. The molecule has 1 aromatic carbocycles. The summed E-state index contributed by atoms with van der Waals surface area (Å²) >= 11 is 9.43. The molecule has 1 aliphatic heterocycles. The molecule has 1 atom stereocenters. The number of rotatable bonds is 5. The average Bonchev–Trinajstić information content (AvgIpc) is 3.48. The lowest BCUT2D eigenvalue weighted by Gasteiger charge is -2.39. The van der Waals surface area contributed by atoms with Crippen LogP contribution in [-0.4, -0.2) is 50.8 Å². The van der Waals surface area contributed by atoms with Gasteiger partial charge in [0.05, 0.1) is 10.9 Å². The van der Waals surface area contributed by atoms with Gasteiger partial charge >= 0.3 is 0 Å². The van der Waals surface area contributed by atoms with Crippen LogP contribution in [-0.2, 0) is 6.42 Å². The van der Waals surface area contributed by atoms with Crippen LogP contribution in [0.1, 0.15) is 28.5 Å². The number of hydrogen-bond acceptors (Lipinski definition) is 7. The van der Waals surface area contributed by atoms with E-state index in [0.29, 0.717) is 0 Å². The van der Waals surface area contributed by atoms with E-state index in [1.54, 1.807) is 15.9 Å². The highest BCUT2D eigenvalue weighted by Crippen LogP contribution is 2.41. The van der Waals surface area contributed by atoms with Gasteiger partial charge in [0.2, 0.25) is 10.8 Å². The van der Waals surface area contributed by atoms with Gasteiger partial charge in [0, 0.05) is 48.2 Å². The number of thiazole rings is 1. The Hall–Kier alpha value is -2.13. The Morgan fingerprint density at radius 2 is 2.00 bits per heavy atom. The van der Waals surface area contributed by atoms with E-state index in [1.165, 1.54) is 16.2 Å². The number of anilines is 1. The summed E-state index contributed by atoms with van der Waals surface area (Å²) in [5.41, 5.74) is 1.16. The summed E-state index contributed by atoms with van der Waals surface area (Å²) in [6.45, 7) is 5.61. The molecule has 0 saturated carbocycles. The van der Waals surface area contributed by atoms with Crippen molar-refractivity contribution in [3.05, 3.63) is 62.4 Å². The van der Waals surface area contributed by atoms with Gasteiger partial charge in [-0.1, -0.05) is 42.0 Å². The lowest BCUT2D eigenvalue weighted by Crippen LogP contribution is -2.47. The topological polar surface area (TPSA) is 56.9 Å². The second kappa shape index (κ2) is 8.19. The molecule has 1 saturated heterocycles. The molecule has 9 heteroatoms. The molecule has 1 fully saturated rings. The number of benzene rings is 1. The van der Waals surface area contributed by atoms with Gasteiger partial charge in [-0.15, -0.1) is 16.4 Å². The minimum Gasteiger partial charge on any atom is -0.492 e. The number of aryl methyl sites for hydroxylation is 1. The number of halogens is 1. The Kier molecular flexibility index (Phi) is 5.41. The molecule has 5 rings (SSSR count). The number of fused-ring (bicyclic) bond motifs is 1. The number of nitrogens with zero attached hydrogens (tertiary/aromatic N) is 5. The number of hydrogen-bond donors (Lipinski definition) is 1. The van der Waals surface area contributed by atoms with Crippen molar-refractivity contribution in [2.24, 2.45) is 0 Å². The van der Waals surface area contributed by atoms with E-state index in [4.69, 9.17) is 11.6 Å². The van der Waals surface area contributed by atoms with Crippen molar-refractivity contribution in [2.45, 2.75) is 19.4 Å². The zero-order chi connectivity index (χ0) is 20.7. The second-order valence-corrected chi connectivity index (χ2v) is 9.71. The quantitative estimate of drug-likeness (QED) is 0.469. The van der Waals surface area contributed by atoms with E-state index < -0.39 is 0 Å². The van der Waals surface area contributed by atoms with Crippen molar-refractivity contribution in [3.63, 3.8) is 0 Å². The Morgan fingerprint density at radius 1 is 1.17 bits per heavy atom. The van der Waals surface area contributed by atoms with Crippen LogP contribution < -0.4 is 4.90 Å². The van der Waals surface area contributed by atoms with E-state index in [-0.39, 0.29) is 11.9 Å². The standard InChI is InChI=1S/C21H22ClN5OS2/c1-2-17-23-21-27(24-17)20(28)19(30-21)18(16-7-4-12-29-16)26-10-8-25(9-11-26)15-6-3-5-14(22)13-15/h3-7,12-13,18,28H,2,8-11H2,1H3/t18-/m1/s1. The summed E-state index contributed by atoms with van der Waals surface area (Å²) in [6.07, 6.45) is 0.753. The highest BCUT2D eigenvalue weighted by atomic mass is 35.5. The predicted molar refractivity (Wildman–Crippen MR) is 123 cm³/mol. The van der Waals surface area contributed by atoms with Crippen molar-refractivity contribution in [1.29, 1.82) is 0 Å². The first-order valence-corrected chi connectivity index (χ1v) is 12.1. The van der Waals surface area contributed by atoms with Gasteiger partial charge in [-0.25, -0.2) is 4.98 Å². The van der Waals surface area contributed by atoms with Gasteiger partial charge < -0.3 is 10.0 Å². The van der Waals surface area contributed by atoms with Crippen molar-refractivity contribution < 1.29 is 5.11 Å². The number of thiophene rings is 1. The van der Waals surface area contributed by atoms with Crippen molar-refractivity contribution >= 4 is 44.9 Å².